The molecule has 1 aliphatic rings. The number of amides is 1. The number of pyridine rings is 1. The number of hydrogen-bond acceptors (Lipinski definition) is 3. The average Bonchev–Trinajstić information content (AvgIpc) is 2.30. The van der Waals surface area contributed by atoms with Gasteiger partial charge in [0.1, 0.15) is 0 Å². The fourth-order valence-corrected chi connectivity index (χ4v) is 2.11. The van der Waals surface area contributed by atoms with Gasteiger partial charge in [0.25, 0.3) is 5.91 Å². The molecule has 4 nitrogen and oxygen atoms in total. The van der Waals surface area contributed by atoms with Gasteiger partial charge in [-0.05, 0) is 34.8 Å². The van der Waals surface area contributed by atoms with E-state index in [1.165, 1.54) is 6.42 Å². The molecule has 86 valence electrons. The number of halogens is 1. The maximum absolute atomic E-state index is 11.9. The van der Waals surface area contributed by atoms with Gasteiger partial charge >= 0.3 is 0 Å². The van der Waals surface area contributed by atoms with Crippen molar-refractivity contribution in [3.8, 4) is 0 Å². The molecule has 0 saturated carbocycles. The topological polar surface area (TPSA) is 45.2 Å². The van der Waals surface area contributed by atoms with Gasteiger partial charge in [0.05, 0.1) is 5.56 Å². The molecule has 0 spiro atoms. The highest BCUT2D eigenvalue weighted by Gasteiger charge is 2.14. The minimum absolute atomic E-state index is 0.0873. The van der Waals surface area contributed by atoms with E-state index in [2.05, 4.69) is 26.3 Å². The van der Waals surface area contributed by atoms with Crippen LogP contribution >= 0.6 is 15.9 Å². The molecule has 5 heteroatoms. The maximum Gasteiger partial charge on any atom is 0.267 e. The lowest BCUT2D eigenvalue weighted by Crippen LogP contribution is -2.45. The van der Waals surface area contributed by atoms with E-state index in [1.807, 2.05) is 5.01 Å². The van der Waals surface area contributed by atoms with Crippen LogP contribution in [0.25, 0.3) is 0 Å². The number of hydrazine groups is 1. The summed E-state index contributed by atoms with van der Waals surface area (Å²) in [6.45, 7) is 1.88. The van der Waals surface area contributed by atoms with E-state index < -0.39 is 0 Å². The van der Waals surface area contributed by atoms with Crippen LogP contribution in [0.1, 0.15) is 29.6 Å². The summed E-state index contributed by atoms with van der Waals surface area (Å²) in [5.74, 6) is -0.0873. The van der Waals surface area contributed by atoms with Crippen molar-refractivity contribution in [1.82, 2.24) is 15.4 Å². The fraction of sp³-hybridized carbons (Fsp3) is 0.455. The molecule has 1 amide bonds. The van der Waals surface area contributed by atoms with Gasteiger partial charge in [0, 0.05) is 30.0 Å². The number of carbonyl (C=O) groups is 1. The minimum Gasteiger partial charge on any atom is -0.285 e. The first-order valence-corrected chi connectivity index (χ1v) is 6.21. The zero-order valence-electron chi connectivity index (χ0n) is 8.95. The van der Waals surface area contributed by atoms with Crippen LogP contribution < -0.4 is 5.43 Å². The Labute approximate surface area is 103 Å². The maximum atomic E-state index is 11.9. The van der Waals surface area contributed by atoms with Crippen molar-refractivity contribution in [2.45, 2.75) is 19.3 Å². The van der Waals surface area contributed by atoms with Crippen LogP contribution in [0.4, 0.5) is 0 Å². The van der Waals surface area contributed by atoms with Crippen LogP contribution in [0.2, 0.25) is 0 Å². The summed E-state index contributed by atoms with van der Waals surface area (Å²) in [7, 11) is 0. The van der Waals surface area contributed by atoms with Crippen molar-refractivity contribution in [2.75, 3.05) is 13.1 Å². The van der Waals surface area contributed by atoms with Crippen molar-refractivity contribution < 1.29 is 4.79 Å². The largest absolute Gasteiger partial charge is 0.285 e. The quantitative estimate of drug-likeness (QED) is 0.903. The monoisotopic (exact) mass is 283 g/mol. The van der Waals surface area contributed by atoms with Crippen LogP contribution in [0.15, 0.2) is 22.9 Å². The Bertz CT molecular complexity index is 377. The first-order chi connectivity index (χ1) is 7.75. The second-order valence-electron chi connectivity index (χ2n) is 3.88. The van der Waals surface area contributed by atoms with Gasteiger partial charge in [-0.15, -0.1) is 0 Å². The van der Waals surface area contributed by atoms with Crippen molar-refractivity contribution in [1.29, 1.82) is 0 Å². The molecule has 1 fully saturated rings. The van der Waals surface area contributed by atoms with Crippen LogP contribution in [-0.4, -0.2) is 29.0 Å². The van der Waals surface area contributed by atoms with E-state index in [4.69, 9.17) is 0 Å². The summed E-state index contributed by atoms with van der Waals surface area (Å²) in [5, 5.41) is 1.98. The highest BCUT2D eigenvalue weighted by molar-refractivity contribution is 9.10. The molecule has 0 aromatic carbocycles. The van der Waals surface area contributed by atoms with E-state index in [1.54, 1.807) is 18.5 Å². The molecule has 1 aromatic rings. The first-order valence-electron chi connectivity index (χ1n) is 5.42. The van der Waals surface area contributed by atoms with Crippen molar-refractivity contribution >= 4 is 21.8 Å². The molecule has 1 aromatic heterocycles. The van der Waals surface area contributed by atoms with Gasteiger partial charge in [0.2, 0.25) is 0 Å². The van der Waals surface area contributed by atoms with Crippen LogP contribution in [0.3, 0.4) is 0 Å². The van der Waals surface area contributed by atoms with E-state index in [9.17, 15) is 4.79 Å². The Balaban J connectivity index is 1.97. The molecular formula is C11H14BrN3O. The van der Waals surface area contributed by atoms with Crippen LogP contribution in [-0.2, 0) is 0 Å². The van der Waals surface area contributed by atoms with E-state index >= 15 is 0 Å². The van der Waals surface area contributed by atoms with Crippen molar-refractivity contribution in [3.63, 3.8) is 0 Å². The second kappa shape index (κ2) is 5.41. The predicted octanol–water partition coefficient (Wildman–Crippen LogP) is 1.97. The number of aromatic nitrogens is 1. The molecule has 0 unspecified atom stereocenters. The van der Waals surface area contributed by atoms with Gasteiger partial charge in [-0.2, -0.15) is 0 Å². The van der Waals surface area contributed by atoms with Crippen LogP contribution in [0.5, 0.6) is 0 Å². The number of carbonyl (C=O) groups excluding carboxylic acids is 1. The van der Waals surface area contributed by atoms with Crippen molar-refractivity contribution in [3.05, 3.63) is 28.5 Å². The lowest BCUT2D eigenvalue weighted by atomic mass is 10.2. The Hall–Kier alpha value is -0.940. The molecular weight excluding hydrogens is 270 g/mol. The minimum atomic E-state index is -0.0873. The number of nitrogens with zero attached hydrogens (tertiary/aromatic N) is 2. The number of nitrogens with one attached hydrogen (secondary N) is 1. The Kier molecular flexibility index (Phi) is 3.90. The van der Waals surface area contributed by atoms with Gasteiger partial charge < -0.3 is 0 Å². The molecule has 0 atom stereocenters. The molecule has 0 aliphatic carbocycles. The van der Waals surface area contributed by atoms with E-state index in [0.29, 0.717) is 5.56 Å². The third-order valence-electron chi connectivity index (χ3n) is 2.58. The summed E-state index contributed by atoms with van der Waals surface area (Å²) in [4.78, 5) is 15.8. The van der Waals surface area contributed by atoms with Crippen molar-refractivity contribution in [2.24, 2.45) is 0 Å². The fourth-order valence-electron chi connectivity index (χ4n) is 1.75. The number of rotatable bonds is 2. The SMILES string of the molecule is O=C(NN1CCCCC1)c1cncc(Br)c1. The zero-order valence-corrected chi connectivity index (χ0v) is 10.5. The molecule has 1 aliphatic heterocycles. The van der Waals surface area contributed by atoms with E-state index in [0.717, 1.165) is 30.4 Å². The Morgan fingerprint density at radius 2 is 2.06 bits per heavy atom. The lowest BCUT2D eigenvalue weighted by Gasteiger charge is -2.26. The third-order valence-corrected chi connectivity index (χ3v) is 3.02. The summed E-state index contributed by atoms with van der Waals surface area (Å²) in [6, 6.07) is 1.77. The molecule has 0 radical (unpaired) electrons. The third kappa shape index (κ3) is 3.02. The normalized spacial score (nSPS) is 17.1. The standard InChI is InChI=1S/C11H14BrN3O/c12-10-6-9(7-13-8-10)11(16)14-15-4-2-1-3-5-15/h6-8H,1-5H2,(H,14,16). The lowest BCUT2D eigenvalue weighted by molar-refractivity contribution is 0.0749. The van der Waals surface area contributed by atoms with Gasteiger partial charge in [0.15, 0.2) is 0 Å². The van der Waals surface area contributed by atoms with Gasteiger partial charge in [-0.3, -0.25) is 15.2 Å². The molecule has 16 heavy (non-hydrogen) atoms. The van der Waals surface area contributed by atoms with Gasteiger partial charge in [-0.25, -0.2) is 5.01 Å². The molecule has 2 rings (SSSR count). The van der Waals surface area contributed by atoms with Crippen LogP contribution in [0, 0.1) is 0 Å². The molecule has 1 saturated heterocycles. The first kappa shape index (κ1) is 11.5. The highest BCUT2D eigenvalue weighted by Crippen LogP contribution is 2.10. The highest BCUT2D eigenvalue weighted by atomic mass is 79.9. The summed E-state index contributed by atoms with van der Waals surface area (Å²) >= 11 is 3.30. The average molecular weight is 284 g/mol. The summed E-state index contributed by atoms with van der Waals surface area (Å²) in [5.41, 5.74) is 3.48. The van der Waals surface area contributed by atoms with E-state index in [-0.39, 0.29) is 5.91 Å². The Morgan fingerprint density at radius 1 is 1.31 bits per heavy atom. The second-order valence-corrected chi connectivity index (χ2v) is 4.80. The molecule has 1 N–H and O–H groups in total. The molecule has 0 bridgehead atoms. The smallest absolute Gasteiger partial charge is 0.267 e. The summed E-state index contributed by atoms with van der Waals surface area (Å²) < 4.78 is 0.818. The number of hydrogen-bond donors (Lipinski definition) is 1. The molecule has 2 heterocycles. The zero-order chi connectivity index (χ0) is 11.4. The summed E-state index contributed by atoms with van der Waals surface area (Å²) in [6.07, 6.45) is 6.79. The predicted molar refractivity (Wildman–Crippen MR) is 64.8 cm³/mol. The van der Waals surface area contributed by atoms with Gasteiger partial charge in [-0.1, -0.05) is 6.42 Å². The number of piperidine rings is 1. The Morgan fingerprint density at radius 3 is 2.75 bits per heavy atom.